The quantitative estimate of drug-likeness (QED) is 0.335. The van der Waals surface area contributed by atoms with E-state index in [1.165, 1.54) is 6.20 Å². The molecule has 2 heterocycles. The van der Waals surface area contributed by atoms with Gasteiger partial charge in [0.1, 0.15) is 11.9 Å². The molecular formula is C31H42F3N5O3. The van der Waals surface area contributed by atoms with Gasteiger partial charge >= 0.3 is 6.18 Å². The molecule has 0 aromatic carbocycles. The maximum absolute atomic E-state index is 13.9. The Balaban J connectivity index is 1.16. The molecule has 1 saturated heterocycles. The molecule has 1 aromatic rings. The summed E-state index contributed by atoms with van der Waals surface area (Å²) in [7, 11) is 1.98. The summed E-state index contributed by atoms with van der Waals surface area (Å²) in [6.45, 7) is 5.31. The van der Waals surface area contributed by atoms with E-state index < -0.39 is 37.0 Å². The summed E-state index contributed by atoms with van der Waals surface area (Å²) in [6.07, 6.45) is 1.33. The van der Waals surface area contributed by atoms with E-state index in [0.717, 1.165) is 45.1 Å². The molecule has 0 spiro atoms. The van der Waals surface area contributed by atoms with Crippen LogP contribution in [0.4, 0.5) is 19.0 Å². The zero-order valence-electron chi connectivity index (χ0n) is 24.5. The summed E-state index contributed by atoms with van der Waals surface area (Å²) < 4.78 is 37.9. The maximum Gasteiger partial charge on any atom is 0.389 e. The van der Waals surface area contributed by atoms with Crippen molar-refractivity contribution in [2.24, 2.45) is 40.9 Å². The molecule has 0 radical (unpaired) electrons. The van der Waals surface area contributed by atoms with E-state index in [1.807, 2.05) is 7.05 Å². The average Bonchev–Trinajstić information content (AvgIpc) is 3.71. The number of piperidine rings is 1. The lowest BCUT2D eigenvalue weighted by molar-refractivity contribution is -0.144. The number of anilines is 1. The van der Waals surface area contributed by atoms with Crippen LogP contribution in [-0.4, -0.2) is 59.5 Å². The number of carbonyl (C=O) groups excluding carboxylic acids is 3. The van der Waals surface area contributed by atoms with Gasteiger partial charge in [-0.05, 0) is 104 Å². The molecule has 1 unspecified atom stereocenters. The molecule has 230 valence electrons. The van der Waals surface area contributed by atoms with Gasteiger partial charge in [-0.1, -0.05) is 13.8 Å². The molecule has 1 aliphatic heterocycles. The molecule has 6 rings (SSSR count). The highest BCUT2D eigenvalue weighted by Gasteiger charge is 2.68. The Morgan fingerprint density at radius 1 is 1.05 bits per heavy atom. The Bertz CT molecular complexity index is 1210. The number of likely N-dealkylation sites (N-methyl/N-ethyl adjacent to an activating group) is 1. The third kappa shape index (κ3) is 6.31. The molecule has 8 nitrogen and oxygen atoms in total. The Labute approximate surface area is 245 Å². The monoisotopic (exact) mass is 589 g/mol. The first-order valence-electron chi connectivity index (χ1n) is 15.5. The van der Waals surface area contributed by atoms with Gasteiger partial charge in [-0.3, -0.25) is 19.3 Å². The van der Waals surface area contributed by atoms with Gasteiger partial charge in [-0.25, -0.2) is 4.98 Å². The van der Waals surface area contributed by atoms with Crippen LogP contribution in [0.2, 0.25) is 0 Å². The number of amides is 3. The number of hydrogen-bond donors (Lipinski definition) is 3. The van der Waals surface area contributed by atoms with Crippen molar-refractivity contribution in [3.8, 4) is 0 Å². The number of rotatable bonds is 12. The lowest BCUT2D eigenvalue weighted by atomic mass is 9.88. The van der Waals surface area contributed by atoms with E-state index in [1.54, 1.807) is 12.1 Å². The van der Waals surface area contributed by atoms with Gasteiger partial charge in [0.15, 0.2) is 0 Å². The van der Waals surface area contributed by atoms with Crippen molar-refractivity contribution in [1.82, 2.24) is 20.5 Å². The molecule has 5 atom stereocenters. The minimum absolute atomic E-state index is 0.0824. The summed E-state index contributed by atoms with van der Waals surface area (Å²) in [5, 5.41) is 8.91. The maximum atomic E-state index is 13.9. The van der Waals surface area contributed by atoms with E-state index in [2.05, 4.69) is 39.7 Å². The van der Waals surface area contributed by atoms with Gasteiger partial charge in [0.25, 0.3) is 0 Å². The van der Waals surface area contributed by atoms with E-state index in [-0.39, 0.29) is 41.0 Å². The fourth-order valence-electron chi connectivity index (χ4n) is 7.61. The van der Waals surface area contributed by atoms with E-state index in [4.69, 9.17) is 0 Å². The zero-order valence-corrected chi connectivity index (χ0v) is 24.5. The Kier molecular flexibility index (Phi) is 7.55. The van der Waals surface area contributed by atoms with Crippen molar-refractivity contribution >= 4 is 23.5 Å². The molecule has 5 fully saturated rings. The second kappa shape index (κ2) is 10.8. The van der Waals surface area contributed by atoms with Crippen molar-refractivity contribution < 1.29 is 27.6 Å². The van der Waals surface area contributed by atoms with Crippen LogP contribution >= 0.6 is 0 Å². The van der Waals surface area contributed by atoms with E-state index in [0.29, 0.717) is 29.1 Å². The van der Waals surface area contributed by atoms with Crippen LogP contribution in [0.1, 0.15) is 76.8 Å². The number of aromatic nitrogens is 1. The summed E-state index contributed by atoms with van der Waals surface area (Å²) in [6, 6.07) is 2.05. The van der Waals surface area contributed by atoms with Gasteiger partial charge < -0.3 is 16.0 Å². The van der Waals surface area contributed by atoms with Crippen LogP contribution in [-0.2, 0) is 14.4 Å². The van der Waals surface area contributed by atoms with Crippen LogP contribution < -0.4 is 16.0 Å². The molecule has 3 amide bonds. The Morgan fingerprint density at radius 3 is 2.26 bits per heavy atom. The lowest BCUT2D eigenvalue weighted by Crippen LogP contribution is -2.55. The van der Waals surface area contributed by atoms with Gasteiger partial charge in [-0.2, -0.15) is 13.2 Å². The molecule has 11 heteroatoms. The third-order valence-corrected chi connectivity index (χ3v) is 10.4. The smallest absolute Gasteiger partial charge is 0.349 e. The number of halogens is 3. The second-order valence-corrected chi connectivity index (χ2v) is 14.0. The number of nitrogens with one attached hydrogen (secondary N) is 3. The first kappa shape index (κ1) is 29.4. The average molecular weight is 590 g/mol. The van der Waals surface area contributed by atoms with Gasteiger partial charge in [0.05, 0.1) is 18.5 Å². The lowest BCUT2D eigenvalue weighted by Gasteiger charge is -2.31. The van der Waals surface area contributed by atoms with Crippen LogP contribution in [0, 0.1) is 40.9 Å². The number of likely N-dealkylation sites (tertiary alicyclic amines) is 1. The summed E-state index contributed by atoms with van der Waals surface area (Å²) in [4.78, 5) is 46.4. The Hall–Kier alpha value is -2.69. The first-order valence-corrected chi connectivity index (χ1v) is 15.5. The topological polar surface area (TPSA) is 103 Å². The minimum Gasteiger partial charge on any atom is -0.349 e. The van der Waals surface area contributed by atoms with Crippen LogP contribution in [0.3, 0.4) is 0 Å². The Morgan fingerprint density at radius 2 is 1.69 bits per heavy atom. The van der Waals surface area contributed by atoms with E-state index in [9.17, 15) is 27.6 Å². The fourth-order valence-corrected chi connectivity index (χ4v) is 7.61. The number of fused-ring (bicyclic) bond motifs is 1. The predicted octanol–water partition coefficient (Wildman–Crippen LogP) is 4.44. The number of pyridine rings is 1. The highest BCUT2D eigenvalue weighted by Crippen LogP contribution is 2.64. The van der Waals surface area contributed by atoms with Crippen LogP contribution in [0.5, 0.6) is 0 Å². The first-order chi connectivity index (χ1) is 19.8. The fraction of sp³-hybridized carbons (Fsp3) is 0.742. The molecular weight excluding hydrogens is 547 g/mol. The molecule has 4 aliphatic carbocycles. The SMILES string of the molecule is CN1C[C@H]2[C@@H]([C@H]1C(=O)N[C@H](C(=O)Nc1cc(C(NC(=O)CCC(F)(F)F)C3CC3)ccn1)C(C1CC1)C1CC1)C2(C)C. The van der Waals surface area contributed by atoms with Gasteiger partial charge in [0, 0.05) is 19.2 Å². The van der Waals surface area contributed by atoms with Crippen molar-refractivity contribution in [3.63, 3.8) is 0 Å². The minimum atomic E-state index is -4.39. The van der Waals surface area contributed by atoms with Crippen molar-refractivity contribution in [3.05, 3.63) is 23.9 Å². The van der Waals surface area contributed by atoms with Gasteiger partial charge in [0.2, 0.25) is 17.7 Å². The van der Waals surface area contributed by atoms with E-state index >= 15 is 0 Å². The molecule has 1 aromatic heterocycles. The zero-order chi connectivity index (χ0) is 30.0. The predicted molar refractivity (Wildman–Crippen MR) is 150 cm³/mol. The molecule has 42 heavy (non-hydrogen) atoms. The number of carbonyl (C=O) groups is 3. The summed E-state index contributed by atoms with van der Waals surface area (Å²) in [5.41, 5.74) is 0.822. The van der Waals surface area contributed by atoms with Gasteiger partial charge in [-0.15, -0.1) is 0 Å². The molecule has 4 saturated carbocycles. The summed E-state index contributed by atoms with van der Waals surface area (Å²) >= 11 is 0. The largest absolute Gasteiger partial charge is 0.389 e. The number of nitrogens with zero attached hydrogens (tertiary/aromatic N) is 2. The second-order valence-electron chi connectivity index (χ2n) is 14.0. The van der Waals surface area contributed by atoms with Crippen molar-refractivity contribution in [1.29, 1.82) is 0 Å². The number of hydrogen-bond acceptors (Lipinski definition) is 5. The van der Waals surface area contributed by atoms with Crippen LogP contribution in [0.25, 0.3) is 0 Å². The molecule has 5 aliphatic rings. The third-order valence-electron chi connectivity index (χ3n) is 10.4. The summed E-state index contributed by atoms with van der Waals surface area (Å²) in [5.74, 6) is 1.12. The highest BCUT2D eigenvalue weighted by atomic mass is 19.4. The number of alkyl halides is 3. The highest BCUT2D eigenvalue weighted by molar-refractivity contribution is 5.98. The molecule has 3 N–H and O–H groups in total. The molecule has 0 bridgehead atoms. The van der Waals surface area contributed by atoms with Crippen molar-refractivity contribution in [2.75, 3.05) is 18.9 Å². The normalized spacial score (nSPS) is 28.1. The van der Waals surface area contributed by atoms with Crippen LogP contribution in [0.15, 0.2) is 18.3 Å². The standard InChI is InChI=1S/C31H42F3N5O3/c1-30(2)20-15-39(3)27(24(20)30)29(42)38-26(23(16-4-5-16)17-6-7-17)28(41)36-21-14-19(11-13-35-21)25(18-8-9-18)37-22(40)10-12-31(32,33)34/h11,13-14,16-18,20,23-27H,4-10,12,15H2,1-3H3,(H,37,40)(H,38,42)(H,35,36,41)/t20-,24-,25?,26-,27-/m0/s1. The van der Waals surface area contributed by atoms with Crippen molar-refractivity contribution in [2.45, 2.75) is 89.5 Å².